The van der Waals surface area contributed by atoms with Gasteiger partial charge in [0, 0.05) is 18.5 Å². The lowest BCUT2D eigenvalue weighted by Gasteiger charge is -2.18. The van der Waals surface area contributed by atoms with Gasteiger partial charge in [0.25, 0.3) is 0 Å². The third-order valence-corrected chi connectivity index (χ3v) is 5.89. The molecule has 7 heteroatoms. The van der Waals surface area contributed by atoms with Gasteiger partial charge in [-0.25, -0.2) is 0 Å². The van der Waals surface area contributed by atoms with Crippen LogP contribution >= 0.6 is 0 Å². The lowest BCUT2D eigenvalue weighted by Crippen LogP contribution is -2.28. The second-order valence-corrected chi connectivity index (χ2v) is 8.14. The Balaban J connectivity index is 1.57. The number of nitrogens with two attached hydrogens (primary N) is 1. The number of carboxylic acid groups (broad SMARTS) is 1. The molecule has 0 amide bonds. The van der Waals surface area contributed by atoms with E-state index in [0.29, 0.717) is 34.8 Å². The van der Waals surface area contributed by atoms with Gasteiger partial charge in [0.05, 0.1) is 12.4 Å². The minimum absolute atomic E-state index is 0.0207. The van der Waals surface area contributed by atoms with Crippen molar-refractivity contribution in [3.8, 4) is 5.75 Å². The average Bonchev–Trinajstić information content (AvgIpc) is 3.23. The van der Waals surface area contributed by atoms with Crippen LogP contribution in [0.4, 0.5) is 0 Å². The maximum absolute atomic E-state index is 12.2. The number of nitrogens with zero attached hydrogens (tertiary/aromatic N) is 1. The molecule has 0 aromatic heterocycles. The van der Waals surface area contributed by atoms with E-state index < -0.39 is 11.9 Å². The fourth-order valence-corrected chi connectivity index (χ4v) is 4.15. The highest BCUT2D eigenvalue weighted by molar-refractivity contribution is 5.99. The van der Waals surface area contributed by atoms with Crippen LogP contribution in [0.2, 0.25) is 0 Å². The summed E-state index contributed by atoms with van der Waals surface area (Å²) < 4.78 is 6.03. The van der Waals surface area contributed by atoms with Crippen molar-refractivity contribution in [2.45, 2.75) is 25.4 Å². The van der Waals surface area contributed by atoms with E-state index in [4.69, 9.17) is 21.3 Å². The number of benzene rings is 3. The Morgan fingerprint density at radius 3 is 2.38 bits per heavy atom. The molecular weight excluding hydrogens is 404 g/mol. The Hall–Kier alpha value is -3.87. The Morgan fingerprint density at radius 2 is 1.75 bits per heavy atom. The lowest BCUT2D eigenvalue weighted by molar-refractivity contribution is -0.137. The summed E-state index contributed by atoms with van der Waals surface area (Å²) in [7, 11) is 0. The van der Waals surface area contributed by atoms with E-state index in [9.17, 15) is 9.90 Å². The lowest BCUT2D eigenvalue weighted by atomic mass is 9.89. The summed E-state index contributed by atoms with van der Waals surface area (Å²) in [6.07, 6.45) is 0.877. The van der Waals surface area contributed by atoms with Crippen LogP contribution in [-0.4, -0.2) is 46.8 Å². The van der Waals surface area contributed by atoms with Gasteiger partial charge in [-0.3, -0.25) is 15.6 Å². The fourth-order valence-electron chi connectivity index (χ4n) is 4.15. The van der Waals surface area contributed by atoms with Gasteiger partial charge >= 0.3 is 5.97 Å². The molecule has 164 valence electrons. The molecule has 3 aromatic carbocycles. The normalized spacial score (nSPS) is 16.7. The van der Waals surface area contributed by atoms with Crippen molar-refractivity contribution in [2.24, 2.45) is 5.73 Å². The van der Waals surface area contributed by atoms with E-state index in [1.54, 1.807) is 43.3 Å². The SMILES string of the molecule is CC(=N)N1CCC(Oc2ccc(C(C(=O)O)c3ccc4ccc(C(=N)N)cc4c3)cc2)C1. The smallest absolute Gasteiger partial charge is 0.315 e. The van der Waals surface area contributed by atoms with Gasteiger partial charge in [-0.2, -0.15) is 0 Å². The number of ether oxygens (including phenoxy) is 1. The topological polar surface area (TPSA) is 123 Å². The molecule has 2 unspecified atom stereocenters. The minimum atomic E-state index is -0.936. The molecule has 1 heterocycles. The highest BCUT2D eigenvalue weighted by Gasteiger charge is 2.25. The number of carboxylic acids is 1. The fraction of sp³-hybridized carbons (Fsp3) is 0.240. The van der Waals surface area contributed by atoms with E-state index >= 15 is 0 Å². The van der Waals surface area contributed by atoms with Crippen molar-refractivity contribution < 1.29 is 14.6 Å². The zero-order chi connectivity index (χ0) is 22.8. The summed E-state index contributed by atoms with van der Waals surface area (Å²) in [6.45, 7) is 3.28. The van der Waals surface area contributed by atoms with Gasteiger partial charge in [-0.1, -0.05) is 36.4 Å². The summed E-state index contributed by atoms with van der Waals surface area (Å²) in [5.41, 5.74) is 7.53. The Labute approximate surface area is 186 Å². The number of carbonyl (C=O) groups is 1. The zero-order valence-corrected chi connectivity index (χ0v) is 17.8. The molecule has 7 nitrogen and oxygen atoms in total. The Kier molecular flexibility index (Phi) is 5.81. The molecule has 2 atom stereocenters. The van der Waals surface area contributed by atoms with Gasteiger partial charge < -0.3 is 20.5 Å². The summed E-state index contributed by atoms with van der Waals surface area (Å²) in [4.78, 5) is 14.1. The Morgan fingerprint density at radius 1 is 1.06 bits per heavy atom. The Bertz CT molecular complexity index is 1190. The van der Waals surface area contributed by atoms with Crippen molar-refractivity contribution in [2.75, 3.05) is 13.1 Å². The van der Waals surface area contributed by atoms with Crippen LogP contribution in [0.3, 0.4) is 0 Å². The third-order valence-electron chi connectivity index (χ3n) is 5.89. The van der Waals surface area contributed by atoms with Crippen molar-refractivity contribution in [1.82, 2.24) is 4.90 Å². The number of rotatable bonds is 6. The van der Waals surface area contributed by atoms with Crippen molar-refractivity contribution >= 4 is 28.4 Å². The van der Waals surface area contributed by atoms with Gasteiger partial charge in [-0.15, -0.1) is 0 Å². The van der Waals surface area contributed by atoms with Crippen LogP contribution in [0.25, 0.3) is 10.8 Å². The quantitative estimate of drug-likeness (QED) is 0.350. The number of hydrogen-bond acceptors (Lipinski definition) is 4. The van der Waals surface area contributed by atoms with Crippen LogP contribution in [0.5, 0.6) is 5.75 Å². The maximum Gasteiger partial charge on any atom is 0.315 e. The molecular formula is C25H26N4O3. The molecule has 0 bridgehead atoms. The van der Waals surface area contributed by atoms with Crippen LogP contribution < -0.4 is 10.5 Å². The number of nitrogen functional groups attached to an aromatic ring is 1. The van der Waals surface area contributed by atoms with Crippen LogP contribution in [0.15, 0.2) is 60.7 Å². The third kappa shape index (κ3) is 4.42. The van der Waals surface area contributed by atoms with Crippen molar-refractivity contribution in [3.63, 3.8) is 0 Å². The molecule has 0 aliphatic carbocycles. The predicted octanol–water partition coefficient (Wildman–Crippen LogP) is 3.79. The second-order valence-electron chi connectivity index (χ2n) is 8.14. The highest BCUT2D eigenvalue weighted by atomic mass is 16.5. The monoisotopic (exact) mass is 430 g/mol. The molecule has 3 aromatic rings. The zero-order valence-electron chi connectivity index (χ0n) is 17.8. The minimum Gasteiger partial charge on any atom is -0.489 e. The van der Waals surface area contributed by atoms with E-state index in [1.807, 2.05) is 29.2 Å². The standard InChI is InChI=1S/C25H26N4O3/c1-15(26)29-11-10-22(14-29)32-21-8-6-17(7-9-21)23(25(30)31)18-4-2-16-3-5-19(24(27)28)13-20(16)12-18/h2-9,12-13,22-23,26H,10-11,14H2,1H3,(H3,27,28)(H,30,31). The van der Waals surface area contributed by atoms with Gasteiger partial charge in [0.1, 0.15) is 23.6 Å². The van der Waals surface area contributed by atoms with E-state index in [2.05, 4.69) is 0 Å². The van der Waals surface area contributed by atoms with Gasteiger partial charge in [0.2, 0.25) is 0 Å². The first-order valence-electron chi connectivity index (χ1n) is 10.5. The number of nitrogens with one attached hydrogen (secondary N) is 2. The molecule has 0 saturated carbocycles. The molecule has 1 aliphatic heterocycles. The number of likely N-dealkylation sites (tertiary alicyclic amines) is 1. The van der Waals surface area contributed by atoms with E-state index in [1.165, 1.54) is 0 Å². The van der Waals surface area contributed by atoms with Crippen LogP contribution in [0, 0.1) is 10.8 Å². The number of amidine groups is 2. The summed E-state index contributed by atoms with van der Waals surface area (Å²) in [5.74, 6) is -0.548. The summed E-state index contributed by atoms with van der Waals surface area (Å²) in [5, 5.41) is 27.1. The molecule has 4 rings (SSSR count). The first kappa shape index (κ1) is 21.4. The number of aliphatic carboxylic acids is 1. The highest BCUT2D eigenvalue weighted by Crippen LogP contribution is 2.30. The largest absolute Gasteiger partial charge is 0.489 e. The molecule has 5 N–H and O–H groups in total. The summed E-state index contributed by atoms with van der Waals surface area (Å²) >= 11 is 0. The first-order chi connectivity index (χ1) is 15.3. The number of fused-ring (bicyclic) bond motifs is 1. The molecule has 0 spiro atoms. The second kappa shape index (κ2) is 8.70. The molecule has 1 fully saturated rings. The van der Waals surface area contributed by atoms with E-state index in [-0.39, 0.29) is 11.9 Å². The predicted molar refractivity (Wildman–Crippen MR) is 125 cm³/mol. The molecule has 0 radical (unpaired) electrons. The van der Waals surface area contributed by atoms with Crippen LogP contribution in [-0.2, 0) is 4.79 Å². The van der Waals surface area contributed by atoms with Crippen molar-refractivity contribution in [3.05, 3.63) is 77.4 Å². The van der Waals surface area contributed by atoms with Crippen LogP contribution in [0.1, 0.15) is 36.0 Å². The molecule has 1 aliphatic rings. The number of hydrogen-bond donors (Lipinski definition) is 4. The molecule has 32 heavy (non-hydrogen) atoms. The molecule has 1 saturated heterocycles. The average molecular weight is 431 g/mol. The summed E-state index contributed by atoms with van der Waals surface area (Å²) in [6, 6.07) is 18.2. The van der Waals surface area contributed by atoms with Gasteiger partial charge in [-0.05, 0) is 53.1 Å². The van der Waals surface area contributed by atoms with E-state index in [0.717, 1.165) is 23.7 Å². The van der Waals surface area contributed by atoms with Crippen molar-refractivity contribution in [1.29, 1.82) is 10.8 Å². The van der Waals surface area contributed by atoms with Gasteiger partial charge in [0.15, 0.2) is 0 Å². The first-order valence-corrected chi connectivity index (χ1v) is 10.5. The maximum atomic E-state index is 12.2.